The Morgan fingerprint density at radius 1 is 1.35 bits per heavy atom. The van der Waals surface area contributed by atoms with Gasteiger partial charge in [-0.1, -0.05) is 0 Å². The quantitative estimate of drug-likeness (QED) is 0.502. The first-order chi connectivity index (χ1) is 11.1. The highest BCUT2D eigenvalue weighted by molar-refractivity contribution is 8.01. The Morgan fingerprint density at radius 3 is 2.96 bits per heavy atom. The number of hydrogen-bond donors (Lipinski definition) is 0. The first kappa shape index (κ1) is 16.4. The lowest BCUT2D eigenvalue weighted by atomic mass is 10.2. The third-order valence-electron chi connectivity index (χ3n) is 3.28. The van der Waals surface area contributed by atoms with Gasteiger partial charge in [0.25, 0.3) is 0 Å². The maximum atomic E-state index is 11.5. The molecule has 3 rings (SSSR count). The molecule has 3 aromatic rings. The van der Waals surface area contributed by atoms with E-state index in [0.29, 0.717) is 6.61 Å². The van der Waals surface area contributed by atoms with Crippen LogP contribution in [0.15, 0.2) is 21.1 Å². The fourth-order valence-electron chi connectivity index (χ4n) is 2.09. The van der Waals surface area contributed by atoms with Gasteiger partial charge in [-0.3, -0.25) is 4.79 Å². The lowest BCUT2D eigenvalue weighted by molar-refractivity contribution is -0.142. The molecule has 8 heteroatoms. The fourth-order valence-corrected chi connectivity index (χ4v) is 5.04. The second kappa shape index (κ2) is 6.94. The molecule has 0 fully saturated rings. The number of carbonyl (C=O) groups excluding carboxylic acids is 1. The number of hydrogen-bond acceptors (Lipinski definition) is 8. The molecule has 0 amide bonds. The molecule has 5 nitrogen and oxygen atoms in total. The van der Waals surface area contributed by atoms with Crippen LogP contribution in [0, 0.1) is 13.8 Å². The molecule has 0 saturated heterocycles. The lowest BCUT2D eigenvalue weighted by Gasteiger charge is -2.00. The predicted octanol–water partition coefficient (Wildman–Crippen LogP) is 4.02. The average Bonchev–Trinajstić information content (AvgIpc) is 3.05. The summed E-state index contributed by atoms with van der Waals surface area (Å²) in [6, 6.07) is 0. The Morgan fingerprint density at radius 2 is 2.17 bits per heavy atom. The van der Waals surface area contributed by atoms with Gasteiger partial charge >= 0.3 is 5.97 Å². The molecule has 0 aliphatic carbocycles. The minimum absolute atomic E-state index is 0.209. The van der Waals surface area contributed by atoms with Gasteiger partial charge in [0.15, 0.2) is 4.34 Å². The molecule has 0 bridgehead atoms. The minimum atomic E-state index is -0.247. The Kier molecular flexibility index (Phi) is 4.93. The number of esters is 1. The summed E-state index contributed by atoms with van der Waals surface area (Å²) in [5.74, 6) is -0.247. The van der Waals surface area contributed by atoms with E-state index in [1.165, 1.54) is 33.5 Å². The van der Waals surface area contributed by atoms with Crippen LogP contribution >= 0.6 is 34.4 Å². The van der Waals surface area contributed by atoms with Gasteiger partial charge in [0.1, 0.15) is 16.2 Å². The van der Waals surface area contributed by atoms with Gasteiger partial charge in [-0.2, -0.15) is 0 Å². The molecule has 3 heterocycles. The molecule has 0 spiro atoms. The first-order valence-electron chi connectivity index (χ1n) is 7.07. The van der Waals surface area contributed by atoms with Gasteiger partial charge < -0.3 is 4.74 Å². The summed E-state index contributed by atoms with van der Waals surface area (Å²) in [6.45, 7) is 6.37. The van der Waals surface area contributed by atoms with E-state index >= 15 is 0 Å². The normalized spacial score (nSPS) is 11.1. The summed E-state index contributed by atoms with van der Waals surface area (Å²) in [5.41, 5.74) is 1.95. The smallest absolute Gasteiger partial charge is 0.311 e. The third-order valence-corrected chi connectivity index (χ3v) is 6.38. The predicted molar refractivity (Wildman–Crippen MR) is 93.5 cm³/mol. The van der Waals surface area contributed by atoms with Crippen LogP contribution in [-0.4, -0.2) is 27.5 Å². The summed E-state index contributed by atoms with van der Waals surface area (Å²) in [4.78, 5) is 27.0. The van der Waals surface area contributed by atoms with Crippen molar-refractivity contribution in [1.29, 1.82) is 0 Å². The van der Waals surface area contributed by atoms with Crippen molar-refractivity contribution in [2.75, 3.05) is 6.61 Å². The van der Waals surface area contributed by atoms with Gasteiger partial charge in [0, 0.05) is 15.6 Å². The Bertz CT molecular complexity index is 857. The van der Waals surface area contributed by atoms with Gasteiger partial charge in [0.05, 0.1) is 18.7 Å². The van der Waals surface area contributed by atoms with E-state index in [4.69, 9.17) is 4.74 Å². The summed E-state index contributed by atoms with van der Waals surface area (Å²) < 4.78 is 5.82. The van der Waals surface area contributed by atoms with Crippen LogP contribution < -0.4 is 0 Å². The van der Waals surface area contributed by atoms with E-state index in [2.05, 4.69) is 28.8 Å². The zero-order valence-corrected chi connectivity index (χ0v) is 15.4. The number of aryl methyl sites for hydroxylation is 2. The lowest BCUT2D eigenvalue weighted by Crippen LogP contribution is -2.07. The highest BCUT2D eigenvalue weighted by atomic mass is 32.2. The number of thiophene rings is 1. The van der Waals surface area contributed by atoms with Crippen molar-refractivity contribution in [3.05, 3.63) is 27.8 Å². The molecule has 23 heavy (non-hydrogen) atoms. The second-order valence-corrected chi connectivity index (χ2v) is 8.13. The van der Waals surface area contributed by atoms with Crippen LogP contribution in [0.2, 0.25) is 0 Å². The van der Waals surface area contributed by atoms with E-state index in [1.807, 2.05) is 5.38 Å². The molecule has 0 aliphatic rings. The van der Waals surface area contributed by atoms with Crippen LogP contribution in [-0.2, 0) is 16.0 Å². The van der Waals surface area contributed by atoms with E-state index < -0.39 is 0 Å². The molecular weight excluding hydrogens is 350 g/mol. The maximum Gasteiger partial charge on any atom is 0.311 e. The number of nitrogens with zero attached hydrogens (tertiary/aromatic N) is 3. The Balaban J connectivity index is 1.83. The minimum Gasteiger partial charge on any atom is -0.466 e. The second-order valence-electron chi connectivity index (χ2n) is 4.83. The van der Waals surface area contributed by atoms with E-state index in [0.717, 1.165) is 25.3 Å². The van der Waals surface area contributed by atoms with Crippen molar-refractivity contribution >= 4 is 50.6 Å². The van der Waals surface area contributed by atoms with Crippen molar-refractivity contribution in [2.24, 2.45) is 0 Å². The molecule has 0 radical (unpaired) electrons. The van der Waals surface area contributed by atoms with Crippen LogP contribution in [0.4, 0.5) is 0 Å². The van der Waals surface area contributed by atoms with Crippen molar-refractivity contribution in [3.8, 4) is 0 Å². The monoisotopic (exact) mass is 365 g/mol. The zero-order chi connectivity index (χ0) is 16.4. The molecule has 120 valence electrons. The molecule has 3 aromatic heterocycles. The highest BCUT2D eigenvalue weighted by Gasteiger charge is 2.15. The highest BCUT2D eigenvalue weighted by Crippen LogP contribution is 2.38. The van der Waals surface area contributed by atoms with Crippen molar-refractivity contribution in [2.45, 2.75) is 36.6 Å². The standard InChI is InChI=1S/C15H15N3O2S3/c1-4-20-11(19)5-10-6-21-15(18-10)23-14-12-8(2)9(3)22-13(12)16-7-17-14/h6-7H,4-5H2,1-3H3. The van der Waals surface area contributed by atoms with Crippen molar-refractivity contribution in [3.63, 3.8) is 0 Å². The van der Waals surface area contributed by atoms with Crippen LogP contribution in [0.3, 0.4) is 0 Å². The van der Waals surface area contributed by atoms with Crippen molar-refractivity contribution < 1.29 is 9.53 Å². The van der Waals surface area contributed by atoms with Gasteiger partial charge in [-0.05, 0) is 38.1 Å². The third kappa shape index (κ3) is 3.54. The fraction of sp³-hybridized carbons (Fsp3) is 0.333. The van der Waals surface area contributed by atoms with Gasteiger partial charge in [-0.15, -0.1) is 22.7 Å². The average molecular weight is 366 g/mol. The van der Waals surface area contributed by atoms with Crippen LogP contribution in [0.5, 0.6) is 0 Å². The largest absolute Gasteiger partial charge is 0.466 e. The first-order valence-corrected chi connectivity index (χ1v) is 9.58. The van der Waals surface area contributed by atoms with E-state index in [9.17, 15) is 4.79 Å². The molecule has 0 unspecified atom stereocenters. The maximum absolute atomic E-state index is 11.5. The van der Waals surface area contributed by atoms with Crippen molar-refractivity contribution in [1.82, 2.24) is 15.0 Å². The van der Waals surface area contributed by atoms with E-state index in [1.54, 1.807) is 24.6 Å². The van der Waals surface area contributed by atoms with E-state index in [-0.39, 0.29) is 12.4 Å². The van der Waals surface area contributed by atoms with Gasteiger partial charge in [-0.25, -0.2) is 15.0 Å². The number of aromatic nitrogens is 3. The number of fused-ring (bicyclic) bond motifs is 1. The molecule has 0 saturated carbocycles. The summed E-state index contributed by atoms with van der Waals surface area (Å²) in [5, 5.41) is 3.90. The molecule has 0 aliphatic heterocycles. The zero-order valence-electron chi connectivity index (χ0n) is 13.0. The summed E-state index contributed by atoms with van der Waals surface area (Å²) in [6.07, 6.45) is 1.80. The topological polar surface area (TPSA) is 65.0 Å². The molecule has 0 atom stereocenters. The summed E-state index contributed by atoms with van der Waals surface area (Å²) in [7, 11) is 0. The number of thiazole rings is 1. The van der Waals surface area contributed by atoms with Gasteiger partial charge in [0.2, 0.25) is 0 Å². The van der Waals surface area contributed by atoms with Crippen LogP contribution in [0.1, 0.15) is 23.1 Å². The number of rotatable bonds is 5. The molecule has 0 aromatic carbocycles. The number of ether oxygens (including phenoxy) is 1. The van der Waals surface area contributed by atoms with Crippen LogP contribution in [0.25, 0.3) is 10.2 Å². The number of carbonyl (C=O) groups is 1. The Hall–Kier alpha value is -1.51. The molecular formula is C15H15N3O2S3. The SMILES string of the molecule is CCOC(=O)Cc1csc(Sc2ncnc3sc(C)c(C)c23)n1. The summed E-state index contributed by atoms with van der Waals surface area (Å²) >= 11 is 4.71. The molecule has 0 N–H and O–H groups in total. The Labute approximate surface area is 146 Å².